The molecule has 30 heavy (non-hydrogen) atoms. The van der Waals surface area contributed by atoms with Crippen LogP contribution in [0.3, 0.4) is 0 Å². The van der Waals surface area contributed by atoms with E-state index in [9.17, 15) is 9.59 Å². The fourth-order valence-electron chi connectivity index (χ4n) is 2.81. The summed E-state index contributed by atoms with van der Waals surface area (Å²) < 4.78 is 23.1. The molecule has 3 aromatic rings. The number of methoxy groups -OCH3 is 2. The maximum Gasteiger partial charge on any atom is 0.379 e. The van der Waals surface area contributed by atoms with Gasteiger partial charge in [0, 0.05) is 0 Å². The third kappa shape index (κ3) is 4.09. The summed E-state index contributed by atoms with van der Waals surface area (Å²) in [6.45, 7) is 3.54. The predicted molar refractivity (Wildman–Crippen MR) is 108 cm³/mol. The monoisotopic (exact) mass is 411 g/mol. The first-order valence-corrected chi connectivity index (χ1v) is 9.12. The lowest BCUT2D eigenvalue weighted by Crippen LogP contribution is -2.14. The Morgan fingerprint density at radius 1 is 1.10 bits per heavy atom. The number of para-hydroxylation sites is 1. The van der Waals surface area contributed by atoms with Crippen LogP contribution in [0, 0.1) is 6.92 Å². The van der Waals surface area contributed by atoms with Gasteiger partial charge in [0.2, 0.25) is 5.82 Å². The van der Waals surface area contributed by atoms with E-state index in [0.717, 1.165) is 6.08 Å². The Hall–Kier alpha value is -3.88. The minimum atomic E-state index is -0.948. The van der Waals surface area contributed by atoms with Crippen LogP contribution < -0.4 is 9.47 Å². The van der Waals surface area contributed by atoms with Gasteiger partial charge in [0.05, 0.1) is 20.8 Å². The number of benzene rings is 1. The summed E-state index contributed by atoms with van der Waals surface area (Å²) in [5.41, 5.74) is 0.514. The molecule has 0 aliphatic heterocycles. The molecule has 0 amide bonds. The second-order valence-electron chi connectivity index (χ2n) is 6.06. The highest BCUT2D eigenvalue weighted by Crippen LogP contribution is 2.36. The summed E-state index contributed by atoms with van der Waals surface area (Å²) in [6.07, 6.45) is 2.45. The number of ether oxygens (including phenoxy) is 3. The van der Waals surface area contributed by atoms with Gasteiger partial charge in [0.25, 0.3) is 5.78 Å². The van der Waals surface area contributed by atoms with E-state index < -0.39 is 11.8 Å². The minimum absolute atomic E-state index is 0.106. The standard InChI is InChI=1S/C21H21N3O6/c1-5-29-21(26)14(25)10-12-18-22-23-20(17-11-9-13(2)30-17)24(18)19-15(27-3)7-6-8-16(19)28-4/h6-12H,5H2,1-4H3/b12-10+. The summed E-state index contributed by atoms with van der Waals surface area (Å²) in [5, 5.41) is 8.37. The van der Waals surface area contributed by atoms with Gasteiger partial charge in [-0.15, -0.1) is 10.2 Å². The Morgan fingerprint density at radius 2 is 1.80 bits per heavy atom. The molecular weight excluding hydrogens is 390 g/mol. The number of hydrogen-bond acceptors (Lipinski definition) is 8. The second-order valence-corrected chi connectivity index (χ2v) is 6.06. The zero-order chi connectivity index (χ0) is 21.7. The van der Waals surface area contributed by atoms with Gasteiger partial charge in [0.15, 0.2) is 11.6 Å². The quantitative estimate of drug-likeness (QED) is 0.316. The number of aryl methyl sites for hydroxylation is 1. The summed E-state index contributed by atoms with van der Waals surface area (Å²) >= 11 is 0. The first-order valence-electron chi connectivity index (χ1n) is 9.12. The molecule has 3 rings (SSSR count). The van der Waals surface area contributed by atoms with Crippen molar-refractivity contribution in [3.8, 4) is 28.8 Å². The number of hydrogen-bond donors (Lipinski definition) is 0. The van der Waals surface area contributed by atoms with Crippen LogP contribution in [-0.4, -0.2) is 47.3 Å². The van der Waals surface area contributed by atoms with Gasteiger partial charge in [-0.1, -0.05) is 6.07 Å². The largest absolute Gasteiger partial charge is 0.494 e. The fraction of sp³-hybridized carbons (Fsp3) is 0.238. The summed E-state index contributed by atoms with van der Waals surface area (Å²) in [4.78, 5) is 23.6. The van der Waals surface area contributed by atoms with Crippen molar-refractivity contribution >= 4 is 17.8 Å². The molecule has 0 unspecified atom stereocenters. The Balaban J connectivity index is 2.18. The molecule has 0 radical (unpaired) electrons. The van der Waals surface area contributed by atoms with E-state index in [-0.39, 0.29) is 12.4 Å². The number of carbonyl (C=O) groups is 2. The van der Waals surface area contributed by atoms with Crippen LogP contribution in [0.25, 0.3) is 23.3 Å². The van der Waals surface area contributed by atoms with Gasteiger partial charge >= 0.3 is 5.97 Å². The van der Waals surface area contributed by atoms with Crippen molar-refractivity contribution < 1.29 is 28.2 Å². The van der Waals surface area contributed by atoms with Gasteiger partial charge in [-0.25, -0.2) is 4.79 Å². The molecule has 0 N–H and O–H groups in total. The third-order valence-electron chi connectivity index (χ3n) is 4.13. The van der Waals surface area contributed by atoms with E-state index in [1.54, 1.807) is 41.8 Å². The molecule has 0 spiro atoms. The highest BCUT2D eigenvalue weighted by Gasteiger charge is 2.23. The predicted octanol–water partition coefficient (Wildman–Crippen LogP) is 3.00. The zero-order valence-corrected chi connectivity index (χ0v) is 17.0. The van der Waals surface area contributed by atoms with Crippen LogP contribution in [0.2, 0.25) is 0 Å². The lowest BCUT2D eigenvalue weighted by atomic mass is 10.2. The SMILES string of the molecule is CCOC(=O)C(=O)/C=C/c1nnc(-c2ccc(C)o2)n1-c1c(OC)cccc1OC. The van der Waals surface area contributed by atoms with Crippen molar-refractivity contribution in [1.82, 2.24) is 14.8 Å². The van der Waals surface area contributed by atoms with Crippen molar-refractivity contribution in [3.05, 3.63) is 48.0 Å². The maximum atomic E-state index is 12.0. The van der Waals surface area contributed by atoms with Crippen molar-refractivity contribution in [3.63, 3.8) is 0 Å². The van der Waals surface area contributed by atoms with Crippen molar-refractivity contribution in [2.24, 2.45) is 0 Å². The molecule has 0 saturated carbocycles. The Bertz CT molecular complexity index is 1070. The minimum Gasteiger partial charge on any atom is -0.494 e. The fourth-order valence-corrected chi connectivity index (χ4v) is 2.81. The third-order valence-corrected chi connectivity index (χ3v) is 4.13. The zero-order valence-electron chi connectivity index (χ0n) is 17.0. The number of carbonyl (C=O) groups excluding carboxylic acids is 2. The maximum absolute atomic E-state index is 12.0. The lowest BCUT2D eigenvalue weighted by molar-refractivity contribution is -0.151. The van der Waals surface area contributed by atoms with Crippen LogP contribution in [0.4, 0.5) is 0 Å². The number of furan rings is 1. The van der Waals surface area contributed by atoms with E-state index in [2.05, 4.69) is 10.2 Å². The van der Waals surface area contributed by atoms with E-state index >= 15 is 0 Å². The summed E-state index contributed by atoms with van der Waals surface area (Å²) in [7, 11) is 3.05. The number of nitrogens with zero attached hydrogens (tertiary/aromatic N) is 3. The highest BCUT2D eigenvalue weighted by atomic mass is 16.5. The van der Waals surface area contributed by atoms with E-state index in [1.165, 1.54) is 20.3 Å². The normalized spacial score (nSPS) is 10.9. The smallest absolute Gasteiger partial charge is 0.379 e. The van der Waals surface area contributed by atoms with Gasteiger partial charge in [-0.3, -0.25) is 9.36 Å². The van der Waals surface area contributed by atoms with E-state index in [1.807, 2.05) is 6.92 Å². The van der Waals surface area contributed by atoms with E-state index in [4.69, 9.17) is 18.6 Å². The molecule has 0 saturated heterocycles. The lowest BCUT2D eigenvalue weighted by Gasteiger charge is -2.15. The van der Waals surface area contributed by atoms with Gasteiger partial charge in [-0.05, 0) is 50.3 Å². The van der Waals surface area contributed by atoms with Crippen molar-refractivity contribution in [2.75, 3.05) is 20.8 Å². The molecule has 0 aliphatic rings. The summed E-state index contributed by atoms with van der Waals surface area (Å²) in [6, 6.07) is 8.85. The van der Waals surface area contributed by atoms with Crippen LogP contribution >= 0.6 is 0 Å². The average molecular weight is 411 g/mol. The molecule has 0 fully saturated rings. The molecular formula is C21H21N3O6. The Morgan fingerprint density at radius 3 is 2.37 bits per heavy atom. The number of esters is 1. The van der Waals surface area contributed by atoms with Crippen molar-refractivity contribution in [1.29, 1.82) is 0 Å². The molecule has 2 aromatic heterocycles. The molecule has 156 valence electrons. The first kappa shape index (κ1) is 20.8. The number of rotatable bonds is 8. The topological polar surface area (TPSA) is 106 Å². The molecule has 9 nitrogen and oxygen atoms in total. The van der Waals surface area contributed by atoms with Gasteiger partial charge in [-0.2, -0.15) is 0 Å². The Kier molecular flexibility index (Phi) is 6.31. The highest BCUT2D eigenvalue weighted by molar-refractivity contribution is 6.39. The first-order chi connectivity index (χ1) is 14.5. The van der Waals surface area contributed by atoms with Crippen LogP contribution in [-0.2, 0) is 14.3 Å². The number of ketones is 1. The molecule has 1 aromatic carbocycles. The van der Waals surface area contributed by atoms with Crippen LogP contribution in [0.5, 0.6) is 11.5 Å². The van der Waals surface area contributed by atoms with Crippen LogP contribution in [0.15, 0.2) is 40.8 Å². The average Bonchev–Trinajstić information content (AvgIpc) is 3.37. The van der Waals surface area contributed by atoms with Gasteiger partial charge in [0.1, 0.15) is 22.9 Å². The Labute approximate surface area is 172 Å². The molecule has 0 atom stereocenters. The number of aromatic nitrogens is 3. The van der Waals surface area contributed by atoms with E-state index in [0.29, 0.717) is 34.5 Å². The molecule has 2 heterocycles. The van der Waals surface area contributed by atoms with Crippen LogP contribution in [0.1, 0.15) is 18.5 Å². The molecule has 0 bridgehead atoms. The van der Waals surface area contributed by atoms with Crippen molar-refractivity contribution in [2.45, 2.75) is 13.8 Å². The molecule has 9 heteroatoms. The summed E-state index contributed by atoms with van der Waals surface area (Å²) in [5.74, 6) is 1.01. The molecule has 0 aliphatic carbocycles. The van der Waals surface area contributed by atoms with Gasteiger partial charge < -0.3 is 18.6 Å². The second kappa shape index (κ2) is 9.08.